The van der Waals surface area contributed by atoms with E-state index in [0.717, 1.165) is 0 Å². The number of carbonyl (C=O) groups is 1. The molecule has 0 fully saturated rings. The van der Waals surface area contributed by atoms with Gasteiger partial charge in [-0.1, -0.05) is 0 Å². The number of alkyl halides is 3. The number of aliphatic hydroxyl groups excluding tert-OH is 1. The minimum Gasteiger partial charge on any atom is -0.465 e. The van der Waals surface area contributed by atoms with E-state index in [1.165, 1.54) is 0 Å². The predicted molar refractivity (Wildman–Crippen MR) is 38.5 cm³/mol. The van der Waals surface area contributed by atoms with E-state index in [-0.39, 0.29) is 11.1 Å². The van der Waals surface area contributed by atoms with Gasteiger partial charge in [0.15, 0.2) is 11.9 Å². The monoisotopic (exact) mass is 210 g/mol. The molecule has 8 heteroatoms. The minimum absolute atomic E-state index is 0.107. The second-order valence-corrected chi connectivity index (χ2v) is 2.39. The van der Waals surface area contributed by atoms with Crippen molar-refractivity contribution in [1.82, 2.24) is 4.90 Å². The van der Waals surface area contributed by atoms with Crippen LogP contribution in [0.25, 0.3) is 0 Å². The molecule has 0 aromatic rings. The Balaban J connectivity index is 2.97. The van der Waals surface area contributed by atoms with Gasteiger partial charge in [0.25, 0.3) is 0 Å². The summed E-state index contributed by atoms with van der Waals surface area (Å²) in [5, 5.41) is 17.3. The molecule has 0 aromatic carbocycles. The zero-order valence-corrected chi connectivity index (χ0v) is 6.56. The maximum atomic E-state index is 12.0. The molecule has 0 saturated carbocycles. The summed E-state index contributed by atoms with van der Waals surface area (Å²) in [7, 11) is 0. The highest BCUT2D eigenvalue weighted by Crippen LogP contribution is 2.28. The van der Waals surface area contributed by atoms with Crippen LogP contribution in [0.15, 0.2) is 16.9 Å². The lowest BCUT2D eigenvalue weighted by molar-refractivity contribution is -0.0944. The van der Waals surface area contributed by atoms with E-state index in [0.29, 0.717) is 6.21 Å². The van der Waals surface area contributed by atoms with Crippen LogP contribution in [0.2, 0.25) is 0 Å². The van der Waals surface area contributed by atoms with Crippen molar-refractivity contribution in [3.63, 3.8) is 0 Å². The summed E-state index contributed by atoms with van der Waals surface area (Å²) in [6, 6.07) is 0. The second-order valence-electron chi connectivity index (χ2n) is 2.39. The van der Waals surface area contributed by atoms with Crippen molar-refractivity contribution in [3.05, 3.63) is 11.9 Å². The first-order chi connectivity index (χ1) is 6.32. The van der Waals surface area contributed by atoms with Gasteiger partial charge in [0.1, 0.15) is 0 Å². The van der Waals surface area contributed by atoms with Crippen LogP contribution in [0.5, 0.6) is 0 Å². The zero-order chi connectivity index (χ0) is 10.9. The Hall–Kier alpha value is -1.57. The molecule has 2 N–H and O–H groups in total. The first-order valence-corrected chi connectivity index (χ1v) is 3.35. The third-order valence-corrected chi connectivity index (χ3v) is 1.40. The number of hydrogen-bond acceptors (Lipinski definition) is 3. The molecule has 1 atom stereocenters. The number of nitrogens with zero attached hydrogens (tertiary/aromatic N) is 2. The largest absolute Gasteiger partial charge is 0.465 e. The van der Waals surface area contributed by atoms with Crippen molar-refractivity contribution in [1.29, 1.82) is 0 Å². The van der Waals surface area contributed by atoms with E-state index in [1.54, 1.807) is 0 Å². The van der Waals surface area contributed by atoms with Crippen LogP contribution in [-0.2, 0) is 0 Å². The van der Waals surface area contributed by atoms with Crippen molar-refractivity contribution in [3.8, 4) is 0 Å². The van der Waals surface area contributed by atoms with Crippen LogP contribution >= 0.6 is 0 Å². The SMILES string of the molecule is O=C(O)N1C=C(C(F)(F)F)N=CC1O. The van der Waals surface area contributed by atoms with Gasteiger partial charge in [0.05, 0.1) is 6.21 Å². The first-order valence-electron chi connectivity index (χ1n) is 3.35. The summed E-state index contributed by atoms with van der Waals surface area (Å²) in [4.78, 5) is 13.3. The maximum absolute atomic E-state index is 12.0. The lowest BCUT2D eigenvalue weighted by atomic mass is 10.3. The summed E-state index contributed by atoms with van der Waals surface area (Å²) in [6.07, 6.45) is -7.38. The highest BCUT2D eigenvalue weighted by atomic mass is 19.4. The highest BCUT2D eigenvalue weighted by Gasteiger charge is 2.37. The number of amides is 1. The summed E-state index contributed by atoms with van der Waals surface area (Å²) < 4.78 is 36.1. The Kier molecular flexibility index (Phi) is 2.47. The molecule has 0 spiro atoms. The van der Waals surface area contributed by atoms with E-state index in [1.807, 2.05) is 0 Å². The number of halogens is 3. The molecule has 5 nitrogen and oxygen atoms in total. The van der Waals surface area contributed by atoms with Crippen LogP contribution in [0, 0.1) is 0 Å². The van der Waals surface area contributed by atoms with E-state index in [2.05, 4.69) is 4.99 Å². The molecule has 1 heterocycles. The zero-order valence-electron chi connectivity index (χ0n) is 6.56. The van der Waals surface area contributed by atoms with Gasteiger partial charge < -0.3 is 10.2 Å². The average Bonchev–Trinajstić information content (AvgIpc) is 2.02. The quantitative estimate of drug-likeness (QED) is 0.620. The van der Waals surface area contributed by atoms with Crippen molar-refractivity contribution >= 4 is 12.3 Å². The van der Waals surface area contributed by atoms with E-state index in [9.17, 15) is 18.0 Å². The summed E-state index contributed by atoms with van der Waals surface area (Å²) >= 11 is 0. The lowest BCUT2D eigenvalue weighted by Gasteiger charge is -2.23. The molecule has 0 saturated heterocycles. The minimum atomic E-state index is -4.73. The van der Waals surface area contributed by atoms with Gasteiger partial charge in [-0.15, -0.1) is 0 Å². The molecular formula is C6H5F3N2O3. The summed E-state index contributed by atoms with van der Waals surface area (Å²) in [5.41, 5.74) is -1.37. The normalized spacial score (nSPS) is 22.1. The predicted octanol–water partition coefficient (Wildman–Crippen LogP) is 0.773. The third-order valence-electron chi connectivity index (χ3n) is 1.40. The number of hydrogen-bond donors (Lipinski definition) is 2. The van der Waals surface area contributed by atoms with E-state index >= 15 is 0 Å². The molecule has 1 aliphatic rings. The molecule has 78 valence electrons. The second kappa shape index (κ2) is 3.29. The molecule has 1 aliphatic heterocycles. The lowest BCUT2D eigenvalue weighted by Crippen LogP contribution is -2.39. The van der Waals surface area contributed by atoms with Gasteiger partial charge >= 0.3 is 12.3 Å². The number of allylic oxidation sites excluding steroid dienone is 1. The molecule has 0 aliphatic carbocycles. The molecular weight excluding hydrogens is 205 g/mol. The van der Waals surface area contributed by atoms with Crippen molar-refractivity contribution in [2.45, 2.75) is 12.4 Å². The van der Waals surface area contributed by atoms with Gasteiger partial charge in [0.2, 0.25) is 0 Å². The Morgan fingerprint density at radius 2 is 2.14 bits per heavy atom. The molecule has 1 unspecified atom stereocenters. The maximum Gasteiger partial charge on any atom is 0.434 e. The van der Waals surface area contributed by atoms with Crippen LogP contribution in [0.1, 0.15) is 0 Å². The Morgan fingerprint density at radius 1 is 1.57 bits per heavy atom. The van der Waals surface area contributed by atoms with Crippen LogP contribution in [0.3, 0.4) is 0 Å². The Morgan fingerprint density at radius 3 is 2.57 bits per heavy atom. The van der Waals surface area contributed by atoms with Gasteiger partial charge in [-0.05, 0) is 0 Å². The van der Waals surface area contributed by atoms with Crippen molar-refractivity contribution < 1.29 is 28.2 Å². The van der Waals surface area contributed by atoms with Crippen LogP contribution < -0.4 is 0 Å². The molecule has 1 amide bonds. The van der Waals surface area contributed by atoms with Crippen LogP contribution in [0.4, 0.5) is 18.0 Å². The Bertz CT molecular complexity index is 310. The highest BCUT2D eigenvalue weighted by molar-refractivity contribution is 5.76. The van der Waals surface area contributed by atoms with Crippen molar-refractivity contribution in [2.24, 2.45) is 4.99 Å². The topological polar surface area (TPSA) is 73.1 Å². The number of carboxylic acid groups (broad SMARTS) is 1. The first kappa shape index (κ1) is 10.5. The fraction of sp³-hybridized carbons (Fsp3) is 0.333. The number of aliphatic hydroxyl groups is 1. The summed E-state index contributed by atoms with van der Waals surface area (Å²) in [6.45, 7) is 0. The summed E-state index contributed by atoms with van der Waals surface area (Å²) in [5.74, 6) is 0. The van der Waals surface area contributed by atoms with Gasteiger partial charge in [-0.25, -0.2) is 9.79 Å². The van der Waals surface area contributed by atoms with Gasteiger partial charge in [0, 0.05) is 6.20 Å². The third kappa shape index (κ3) is 2.02. The van der Waals surface area contributed by atoms with Gasteiger partial charge in [-0.2, -0.15) is 13.2 Å². The molecule has 0 bridgehead atoms. The van der Waals surface area contributed by atoms with Crippen LogP contribution in [-0.4, -0.2) is 39.8 Å². The molecule has 0 aromatic heterocycles. The van der Waals surface area contributed by atoms with Crippen molar-refractivity contribution in [2.75, 3.05) is 0 Å². The smallest absolute Gasteiger partial charge is 0.434 e. The van der Waals surface area contributed by atoms with E-state index in [4.69, 9.17) is 10.2 Å². The molecule has 14 heavy (non-hydrogen) atoms. The number of aliphatic imine (C=N–C) groups is 1. The number of rotatable bonds is 0. The standard InChI is InChI=1S/C6H5F3N2O3/c7-6(8,9)3-2-11(5(13)14)4(12)1-10-3/h1-2,4,12H,(H,13,14). The molecule has 0 radical (unpaired) electrons. The average molecular weight is 210 g/mol. The van der Waals surface area contributed by atoms with Gasteiger partial charge in [-0.3, -0.25) is 4.90 Å². The van der Waals surface area contributed by atoms with E-state index < -0.39 is 24.2 Å². The molecule has 1 rings (SSSR count). The Labute approximate surface area is 75.8 Å². The fourth-order valence-corrected chi connectivity index (χ4v) is 0.775. The fourth-order valence-electron chi connectivity index (χ4n) is 0.775.